The van der Waals surface area contributed by atoms with Crippen LogP contribution in [0.5, 0.6) is 5.75 Å². The lowest BCUT2D eigenvalue weighted by Crippen LogP contribution is -2.32. The molecule has 0 bridgehead atoms. The summed E-state index contributed by atoms with van der Waals surface area (Å²) in [5, 5.41) is 9.86. The van der Waals surface area contributed by atoms with Crippen molar-refractivity contribution in [3.8, 4) is 5.75 Å². The molecule has 0 amide bonds. The summed E-state index contributed by atoms with van der Waals surface area (Å²) in [5.41, 5.74) is 0.293. The Morgan fingerprint density at radius 3 is 2.12 bits per heavy atom. The van der Waals surface area contributed by atoms with Crippen molar-refractivity contribution in [2.45, 2.75) is 9.77 Å². The molecule has 7 heteroatoms. The normalized spacial score (nSPS) is 14.4. The molecule has 0 aliphatic rings. The Morgan fingerprint density at radius 2 is 1.76 bits per heavy atom. The number of aliphatic hydroxyl groups excluding tert-OH is 1. The van der Waals surface area contributed by atoms with Crippen molar-refractivity contribution in [1.29, 1.82) is 0 Å². The van der Waals surface area contributed by atoms with Crippen molar-refractivity contribution >= 4 is 33.0 Å². The number of ether oxygens (including phenoxy) is 1. The van der Waals surface area contributed by atoms with Gasteiger partial charge in [-0.15, -0.1) is 0 Å². The first-order valence-electron chi connectivity index (χ1n) is 4.59. The van der Waals surface area contributed by atoms with E-state index in [0.717, 1.165) is 6.26 Å². The van der Waals surface area contributed by atoms with E-state index in [4.69, 9.17) is 27.9 Å². The lowest BCUT2D eigenvalue weighted by molar-refractivity contribution is 0.181. The predicted molar refractivity (Wildman–Crippen MR) is 67.2 cm³/mol. The largest absolute Gasteiger partial charge is 0.497 e. The topological polar surface area (TPSA) is 63.6 Å². The Kier molecular flexibility index (Phi) is 4.30. The molecule has 0 saturated carbocycles. The molecule has 0 spiro atoms. The Bertz CT molecular complexity index is 482. The van der Waals surface area contributed by atoms with Gasteiger partial charge in [0.1, 0.15) is 11.9 Å². The maximum absolute atomic E-state index is 11.3. The van der Waals surface area contributed by atoms with Crippen LogP contribution in [0, 0.1) is 0 Å². The van der Waals surface area contributed by atoms with Gasteiger partial charge in [0.25, 0.3) is 0 Å². The zero-order valence-corrected chi connectivity index (χ0v) is 11.6. The molecule has 17 heavy (non-hydrogen) atoms. The number of alkyl halides is 2. The zero-order chi connectivity index (χ0) is 13.3. The Morgan fingerprint density at radius 1 is 1.29 bits per heavy atom. The highest BCUT2D eigenvalue weighted by Crippen LogP contribution is 2.40. The monoisotopic (exact) mass is 298 g/mol. The average molecular weight is 299 g/mol. The van der Waals surface area contributed by atoms with Crippen LogP contribution in [0.25, 0.3) is 0 Å². The SMILES string of the molecule is COc1ccc([C@@H](O)C(Cl)(Cl)S(C)(=O)=O)cc1. The molecule has 0 aliphatic carbocycles. The Balaban J connectivity index is 3.08. The van der Waals surface area contributed by atoms with E-state index in [9.17, 15) is 13.5 Å². The molecular weight excluding hydrogens is 287 g/mol. The number of benzene rings is 1. The van der Waals surface area contributed by atoms with Gasteiger partial charge in [-0.25, -0.2) is 8.42 Å². The minimum Gasteiger partial charge on any atom is -0.497 e. The van der Waals surface area contributed by atoms with Crippen LogP contribution in [-0.2, 0) is 9.84 Å². The maximum atomic E-state index is 11.3. The Labute approximate surface area is 110 Å². The Hall–Kier alpha value is -0.490. The van der Waals surface area contributed by atoms with Crippen LogP contribution in [0.15, 0.2) is 24.3 Å². The summed E-state index contributed by atoms with van der Waals surface area (Å²) in [5.74, 6) is 0.579. The molecule has 1 aromatic carbocycles. The van der Waals surface area contributed by atoms with Gasteiger partial charge in [-0.2, -0.15) is 0 Å². The number of aliphatic hydroxyl groups is 1. The van der Waals surface area contributed by atoms with Crippen LogP contribution in [0.2, 0.25) is 0 Å². The summed E-state index contributed by atoms with van der Waals surface area (Å²) in [6, 6.07) is 6.14. The lowest BCUT2D eigenvalue weighted by Gasteiger charge is -2.24. The van der Waals surface area contributed by atoms with Crippen LogP contribution >= 0.6 is 23.2 Å². The molecule has 0 radical (unpaired) electrons. The van der Waals surface area contributed by atoms with Gasteiger partial charge in [-0.05, 0) is 17.7 Å². The van der Waals surface area contributed by atoms with Crippen LogP contribution in [-0.4, -0.2) is 30.6 Å². The van der Waals surface area contributed by atoms with E-state index in [2.05, 4.69) is 0 Å². The fourth-order valence-electron chi connectivity index (χ4n) is 1.18. The highest BCUT2D eigenvalue weighted by molar-refractivity contribution is 7.94. The summed E-state index contributed by atoms with van der Waals surface area (Å²) in [4.78, 5) is 0. The van der Waals surface area contributed by atoms with Gasteiger partial charge in [0, 0.05) is 6.26 Å². The van der Waals surface area contributed by atoms with Crippen molar-refractivity contribution in [3.05, 3.63) is 29.8 Å². The number of methoxy groups -OCH3 is 1. The predicted octanol–water partition coefficient (Wildman–Crippen LogP) is 1.90. The first-order chi connectivity index (χ1) is 7.70. The molecule has 0 unspecified atom stereocenters. The van der Waals surface area contributed by atoms with E-state index in [1.807, 2.05) is 0 Å². The summed E-state index contributed by atoms with van der Waals surface area (Å²) in [6.45, 7) is 0. The second-order valence-corrected chi connectivity index (χ2v) is 7.53. The molecule has 0 aromatic heterocycles. The second kappa shape index (κ2) is 5.02. The smallest absolute Gasteiger partial charge is 0.247 e. The van der Waals surface area contributed by atoms with Gasteiger partial charge >= 0.3 is 0 Å². The van der Waals surface area contributed by atoms with Gasteiger partial charge in [-0.1, -0.05) is 35.3 Å². The van der Waals surface area contributed by atoms with Crippen molar-refractivity contribution in [2.75, 3.05) is 13.4 Å². The third-order valence-corrected chi connectivity index (χ3v) is 5.55. The molecule has 1 rings (SSSR count). The van der Waals surface area contributed by atoms with Gasteiger partial charge in [0.15, 0.2) is 9.84 Å². The second-order valence-electron chi connectivity index (χ2n) is 3.51. The summed E-state index contributed by atoms with van der Waals surface area (Å²) in [6.07, 6.45) is -0.675. The molecule has 0 saturated heterocycles. The van der Waals surface area contributed by atoms with E-state index in [0.29, 0.717) is 11.3 Å². The number of halogens is 2. The van der Waals surface area contributed by atoms with Gasteiger partial charge < -0.3 is 9.84 Å². The molecule has 96 valence electrons. The number of hydrogen-bond donors (Lipinski definition) is 1. The zero-order valence-electron chi connectivity index (χ0n) is 9.22. The molecule has 1 atom stereocenters. The molecular formula is C10H12Cl2O4S. The highest BCUT2D eigenvalue weighted by atomic mass is 35.5. The first-order valence-corrected chi connectivity index (χ1v) is 7.24. The van der Waals surface area contributed by atoms with Crippen LogP contribution < -0.4 is 4.74 Å². The van der Waals surface area contributed by atoms with Gasteiger partial charge in [-0.3, -0.25) is 0 Å². The van der Waals surface area contributed by atoms with Crippen LogP contribution in [0.1, 0.15) is 11.7 Å². The minimum atomic E-state index is -3.82. The van der Waals surface area contributed by atoms with Crippen LogP contribution in [0.3, 0.4) is 0 Å². The lowest BCUT2D eigenvalue weighted by atomic mass is 10.1. The van der Waals surface area contributed by atoms with Crippen molar-refractivity contribution in [1.82, 2.24) is 0 Å². The van der Waals surface area contributed by atoms with Crippen molar-refractivity contribution < 1.29 is 18.3 Å². The van der Waals surface area contributed by atoms with E-state index >= 15 is 0 Å². The highest BCUT2D eigenvalue weighted by Gasteiger charge is 2.44. The molecule has 1 aromatic rings. The van der Waals surface area contributed by atoms with E-state index in [1.165, 1.54) is 19.2 Å². The van der Waals surface area contributed by atoms with Gasteiger partial charge in [0.2, 0.25) is 3.67 Å². The molecule has 0 heterocycles. The summed E-state index contributed by atoms with van der Waals surface area (Å²) < 4.78 is 25.3. The van der Waals surface area contributed by atoms with E-state index in [1.54, 1.807) is 12.1 Å². The fourth-order valence-corrected chi connectivity index (χ4v) is 1.98. The summed E-state index contributed by atoms with van der Waals surface area (Å²) in [7, 11) is -2.32. The van der Waals surface area contributed by atoms with Crippen molar-refractivity contribution in [2.24, 2.45) is 0 Å². The first kappa shape index (κ1) is 14.6. The maximum Gasteiger partial charge on any atom is 0.247 e. The van der Waals surface area contributed by atoms with Crippen molar-refractivity contribution in [3.63, 3.8) is 0 Å². The fraction of sp³-hybridized carbons (Fsp3) is 0.400. The van der Waals surface area contributed by atoms with Gasteiger partial charge in [0.05, 0.1) is 7.11 Å². The third kappa shape index (κ3) is 3.04. The standard InChI is InChI=1S/C10H12Cl2O4S/c1-16-8-5-3-7(4-6-8)9(13)10(11,12)17(2,14)15/h3-6,9,13H,1-2H3/t9-/m1/s1. The van der Waals surface area contributed by atoms with E-state index in [-0.39, 0.29) is 0 Å². The molecule has 4 nitrogen and oxygen atoms in total. The number of rotatable bonds is 4. The number of hydrogen-bond acceptors (Lipinski definition) is 4. The minimum absolute atomic E-state index is 0.293. The quantitative estimate of drug-likeness (QED) is 0.863. The molecule has 0 aliphatic heterocycles. The van der Waals surface area contributed by atoms with E-state index < -0.39 is 19.6 Å². The summed E-state index contributed by atoms with van der Waals surface area (Å²) >= 11 is 11.3. The molecule has 0 fully saturated rings. The number of sulfone groups is 1. The average Bonchev–Trinajstić information content (AvgIpc) is 2.26. The van der Waals surface area contributed by atoms with Crippen LogP contribution in [0.4, 0.5) is 0 Å². The molecule has 1 N–H and O–H groups in total. The third-order valence-electron chi connectivity index (χ3n) is 2.24.